The summed E-state index contributed by atoms with van der Waals surface area (Å²) in [6, 6.07) is 5.80. The van der Waals surface area contributed by atoms with Gasteiger partial charge in [-0.1, -0.05) is 37.6 Å². The number of hydrogen-bond donors (Lipinski definition) is 0. The van der Waals surface area contributed by atoms with Gasteiger partial charge in [0.15, 0.2) is 9.84 Å². The minimum atomic E-state index is -3.53. The van der Waals surface area contributed by atoms with E-state index in [1.165, 1.54) is 6.92 Å². The predicted octanol–water partition coefficient (Wildman–Crippen LogP) is 3.11. The van der Waals surface area contributed by atoms with E-state index < -0.39 is 15.1 Å². The van der Waals surface area contributed by atoms with Gasteiger partial charge >= 0.3 is 0 Å². The molecule has 1 heterocycles. The van der Waals surface area contributed by atoms with Crippen LogP contribution in [0.15, 0.2) is 18.2 Å². The standard InChI is InChI=1S/C19H29NO3S/c1-13-6-7-16(4)18(9-13)12-24(22,23)17(5)19(21)20-10-14(2)8-15(3)11-20/h6-7,9,14-15,17H,8,10-12H2,1-5H3/t14-,15+,17-/m0/s1. The van der Waals surface area contributed by atoms with Crippen molar-refractivity contribution in [2.75, 3.05) is 13.1 Å². The molecule has 0 aromatic heterocycles. The second-order valence-corrected chi connectivity index (χ2v) is 9.89. The fourth-order valence-electron chi connectivity index (χ4n) is 3.55. The molecule has 1 aromatic carbocycles. The zero-order valence-electron chi connectivity index (χ0n) is 15.4. The summed E-state index contributed by atoms with van der Waals surface area (Å²) in [7, 11) is -3.53. The number of aryl methyl sites for hydroxylation is 2. The lowest BCUT2D eigenvalue weighted by atomic mass is 9.92. The summed E-state index contributed by atoms with van der Waals surface area (Å²) in [5.74, 6) is 0.517. The average molecular weight is 352 g/mol. The molecule has 1 fully saturated rings. The highest BCUT2D eigenvalue weighted by atomic mass is 32.2. The zero-order valence-corrected chi connectivity index (χ0v) is 16.2. The van der Waals surface area contributed by atoms with E-state index in [2.05, 4.69) is 13.8 Å². The molecule has 0 unspecified atom stereocenters. The van der Waals surface area contributed by atoms with E-state index in [9.17, 15) is 13.2 Å². The summed E-state index contributed by atoms with van der Waals surface area (Å²) in [6.45, 7) is 10.9. The van der Waals surface area contributed by atoms with Gasteiger partial charge in [0.2, 0.25) is 5.91 Å². The number of nitrogens with zero attached hydrogens (tertiary/aromatic N) is 1. The van der Waals surface area contributed by atoms with Crippen LogP contribution >= 0.6 is 0 Å². The Labute approximate surface area is 146 Å². The Bertz CT molecular complexity index is 701. The van der Waals surface area contributed by atoms with Crippen LogP contribution in [-0.2, 0) is 20.4 Å². The van der Waals surface area contributed by atoms with Crippen molar-refractivity contribution in [2.24, 2.45) is 11.8 Å². The van der Waals surface area contributed by atoms with Gasteiger partial charge in [-0.05, 0) is 50.2 Å². The second kappa shape index (κ2) is 7.26. The first-order chi connectivity index (χ1) is 11.1. The molecule has 1 aromatic rings. The van der Waals surface area contributed by atoms with Gasteiger partial charge in [0.1, 0.15) is 5.25 Å². The van der Waals surface area contributed by atoms with Crippen LogP contribution in [0.1, 0.15) is 43.9 Å². The Morgan fingerprint density at radius 2 is 1.79 bits per heavy atom. The summed E-state index contributed by atoms with van der Waals surface area (Å²) in [5, 5.41) is -0.991. The highest BCUT2D eigenvalue weighted by Gasteiger charge is 2.34. The number of likely N-dealkylation sites (tertiary alicyclic amines) is 1. The highest BCUT2D eigenvalue weighted by Crippen LogP contribution is 2.24. The van der Waals surface area contributed by atoms with Gasteiger partial charge in [0.05, 0.1) is 5.75 Å². The SMILES string of the molecule is Cc1ccc(C)c(CS(=O)(=O)[C@@H](C)C(=O)N2C[C@H](C)C[C@H](C)C2)c1. The lowest BCUT2D eigenvalue weighted by Crippen LogP contribution is -2.48. The number of benzene rings is 1. The first kappa shape index (κ1) is 19.0. The summed E-state index contributed by atoms with van der Waals surface area (Å²) >= 11 is 0. The zero-order chi connectivity index (χ0) is 18.1. The molecule has 1 saturated heterocycles. The van der Waals surface area contributed by atoms with Crippen LogP contribution in [0.2, 0.25) is 0 Å². The quantitative estimate of drug-likeness (QED) is 0.837. The van der Waals surface area contributed by atoms with Gasteiger partial charge in [0.25, 0.3) is 0 Å². The predicted molar refractivity (Wildman–Crippen MR) is 97.5 cm³/mol. The number of hydrogen-bond acceptors (Lipinski definition) is 3. The maximum atomic E-state index is 12.8. The van der Waals surface area contributed by atoms with Crippen LogP contribution in [0.4, 0.5) is 0 Å². The van der Waals surface area contributed by atoms with Crippen LogP contribution < -0.4 is 0 Å². The maximum Gasteiger partial charge on any atom is 0.240 e. The lowest BCUT2D eigenvalue weighted by molar-refractivity contribution is -0.133. The Kier molecular flexibility index (Phi) is 5.74. The number of carbonyl (C=O) groups is 1. The van der Waals surface area contributed by atoms with Crippen LogP contribution in [0.3, 0.4) is 0 Å². The van der Waals surface area contributed by atoms with Gasteiger partial charge in [-0.2, -0.15) is 0 Å². The fourth-order valence-corrected chi connectivity index (χ4v) is 5.00. The number of rotatable bonds is 4. The number of amides is 1. The van der Waals surface area contributed by atoms with E-state index in [-0.39, 0.29) is 11.7 Å². The molecule has 0 bridgehead atoms. The van der Waals surface area contributed by atoms with Gasteiger partial charge in [-0.15, -0.1) is 0 Å². The van der Waals surface area contributed by atoms with E-state index in [1.807, 2.05) is 32.0 Å². The summed E-state index contributed by atoms with van der Waals surface area (Å²) in [6.07, 6.45) is 1.09. The third kappa shape index (κ3) is 4.38. The molecule has 24 heavy (non-hydrogen) atoms. The monoisotopic (exact) mass is 351 g/mol. The van der Waals surface area contributed by atoms with Crippen molar-refractivity contribution in [1.29, 1.82) is 0 Å². The summed E-state index contributed by atoms with van der Waals surface area (Å²) in [5.41, 5.74) is 2.77. The van der Waals surface area contributed by atoms with Gasteiger partial charge in [0, 0.05) is 13.1 Å². The van der Waals surface area contributed by atoms with E-state index in [0.717, 1.165) is 23.1 Å². The molecule has 1 amide bonds. The third-order valence-corrected chi connectivity index (χ3v) is 6.92. The van der Waals surface area contributed by atoms with Crippen molar-refractivity contribution < 1.29 is 13.2 Å². The van der Waals surface area contributed by atoms with Gasteiger partial charge in [-0.3, -0.25) is 4.79 Å². The van der Waals surface area contributed by atoms with Crippen molar-refractivity contribution >= 4 is 15.7 Å². The molecule has 0 saturated carbocycles. The highest BCUT2D eigenvalue weighted by molar-refractivity contribution is 7.92. The summed E-state index contributed by atoms with van der Waals surface area (Å²) in [4.78, 5) is 14.5. The Morgan fingerprint density at radius 3 is 2.38 bits per heavy atom. The molecular weight excluding hydrogens is 322 g/mol. The molecule has 5 heteroatoms. The van der Waals surface area contributed by atoms with Crippen LogP contribution in [0.25, 0.3) is 0 Å². The van der Waals surface area contributed by atoms with Gasteiger partial charge < -0.3 is 4.90 Å². The van der Waals surface area contributed by atoms with Crippen LogP contribution in [0, 0.1) is 25.7 Å². The first-order valence-corrected chi connectivity index (χ1v) is 10.4. The van der Waals surface area contributed by atoms with E-state index >= 15 is 0 Å². The first-order valence-electron chi connectivity index (χ1n) is 8.66. The van der Waals surface area contributed by atoms with Crippen LogP contribution in [0.5, 0.6) is 0 Å². The van der Waals surface area contributed by atoms with Crippen molar-refractivity contribution in [2.45, 2.75) is 52.0 Å². The fraction of sp³-hybridized carbons (Fsp3) is 0.632. The normalized spacial score (nSPS) is 23.1. The Balaban J connectivity index is 2.16. The molecule has 3 atom stereocenters. The van der Waals surface area contributed by atoms with Crippen LogP contribution in [-0.4, -0.2) is 37.6 Å². The molecule has 1 aliphatic rings. The minimum absolute atomic E-state index is 0.0770. The maximum absolute atomic E-state index is 12.8. The molecule has 4 nitrogen and oxygen atoms in total. The molecule has 0 radical (unpaired) electrons. The summed E-state index contributed by atoms with van der Waals surface area (Å²) < 4.78 is 25.5. The Morgan fingerprint density at radius 1 is 1.21 bits per heavy atom. The molecule has 0 N–H and O–H groups in total. The number of sulfone groups is 1. The third-order valence-electron chi connectivity index (χ3n) is 4.93. The van der Waals surface area contributed by atoms with E-state index in [4.69, 9.17) is 0 Å². The molecule has 2 rings (SSSR count). The Hall–Kier alpha value is -1.36. The minimum Gasteiger partial charge on any atom is -0.341 e. The van der Waals surface area contributed by atoms with Crippen molar-refractivity contribution in [3.8, 4) is 0 Å². The molecule has 134 valence electrons. The molecular formula is C19H29NO3S. The molecule has 0 aliphatic carbocycles. The van der Waals surface area contributed by atoms with Crippen molar-refractivity contribution in [3.63, 3.8) is 0 Å². The lowest BCUT2D eigenvalue weighted by Gasteiger charge is -2.36. The molecule has 0 spiro atoms. The van der Waals surface area contributed by atoms with Crippen molar-refractivity contribution in [3.05, 3.63) is 34.9 Å². The largest absolute Gasteiger partial charge is 0.341 e. The van der Waals surface area contributed by atoms with E-state index in [0.29, 0.717) is 24.9 Å². The number of carbonyl (C=O) groups excluding carboxylic acids is 1. The van der Waals surface area contributed by atoms with E-state index in [1.54, 1.807) is 4.90 Å². The number of piperidine rings is 1. The average Bonchev–Trinajstić information content (AvgIpc) is 2.48. The second-order valence-electron chi connectivity index (χ2n) is 7.57. The topological polar surface area (TPSA) is 54.5 Å². The van der Waals surface area contributed by atoms with Crippen molar-refractivity contribution in [1.82, 2.24) is 4.90 Å². The van der Waals surface area contributed by atoms with Gasteiger partial charge in [-0.25, -0.2) is 8.42 Å². The molecule has 1 aliphatic heterocycles. The smallest absolute Gasteiger partial charge is 0.240 e.